The number of sulfone groups is 1. The van der Waals surface area contributed by atoms with Gasteiger partial charge in [-0.05, 0) is 12.3 Å². The van der Waals surface area contributed by atoms with Crippen LogP contribution in [0.1, 0.15) is 12.8 Å². The van der Waals surface area contributed by atoms with E-state index in [0.29, 0.717) is 6.42 Å². The second-order valence-electron chi connectivity index (χ2n) is 5.35. The van der Waals surface area contributed by atoms with Crippen molar-refractivity contribution in [3.63, 3.8) is 0 Å². The fourth-order valence-electron chi connectivity index (χ4n) is 2.64. The third-order valence-corrected chi connectivity index (χ3v) is 5.53. The number of aliphatic hydroxyl groups is 1. The van der Waals surface area contributed by atoms with Gasteiger partial charge in [0, 0.05) is 19.5 Å². The van der Waals surface area contributed by atoms with Gasteiger partial charge in [0.05, 0.1) is 17.6 Å². The van der Waals surface area contributed by atoms with Gasteiger partial charge in [-0.25, -0.2) is 18.0 Å². The summed E-state index contributed by atoms with van der Waals surface area (Å²) < 4.78 is 22.6. The first-order valence-electron chi connectivity index (χ1n) is 6.44. The van der Waals surface area contributed by atoms with Crippen LogP contribution in [-0.4, -0.2) is 72.3 Å². The molecule has 0 radical (unpaired) electrons. The van der Waals surface area contributed by atoms with Gasteiger partial charge >= 0.3 is 12.0 Å². The second-order valence-corrected chi connectivity index (χ2v) is 7.58. The molecule has 8 nitrogen and oxygen atoms in total. The van der Waals surface area contributed by atoms with Crippen molar-refractivity contribution in [1.29, 1.82) is 0 Å². The van der Waals surface area contributed by atoms with Gasteiger partial charge in [-0.3, -0.25) is 0 Å². The smallest absolute Gasteiger partial charge is 0.326 e. The van der Waals surface area contributed by atoms with Gasteiger partial charge in [0.25, 0.3) is 0 Å². The molecule has 3 atom stereocenters. The lowest BCUT2D eigenvalue weighted by Crippen LogP contribution is -2.47. The molecule has 0 aromatic heterocycles. The normalized spacial score (nSPS) is 32.2. The summed E-state index contributed by atoms with van der Waals surface area (Å²) in [6.45, 7) is 0.183. The monoisotopic (exact) mass is 306 g/mol. The van der Waals surface area contributed by atoms with E-state index in [0.717, 1.165) is 4.90 Å². The van der Waals surface area contributed by atoms with Crippen molar-refractivity contribution in [3.8, 4) is 0 Å². The molecule has 1 unspecified atom stereocenters. The first-order valence-corrected chi connectivity index (χ1v) is 8.26. The van der Waals surface area contributed by atoms with Crippen LogP contribution in [0.2, 0.25) is 0 Å². The maximum atomic E-state index is 11.9. The molecule has 0 saturated carbocycles. The molecule has 3 N–H and O–H groups in total. The minimum absolute atomic E-state index is 0.0144. The van der Waals surface area contributed by atoms with Crippen LogP contribution >= 0.6 is 0 Å². The molecule has 2 amide bonds. The van der Waals surface area contributed by atoms with Gasteiger partial charge in [0.15, 0.2) is 9.84 Å². The highest BCUT2D eigenvalue weighted by Crippen LogP contribution is 2.20. The molecule has 0 spiro atoms. The second kappa shape index (κ2) is 5.57. The lowest BCUT2D eigenvalue weighted by molar-refractivity contribution is -0.141. The maximum absolute atomic E-state index is 11.9. The summed E-state index contributed by atoms with van der Waals surface area (Å²) in [6.07, 6.45) is -0.317. The number of carbonyl (C=O) groups is 2. The van der Waals surface area contributed by atoms with E-state index in [9.17, 15) is 23.1 Å². The summed E-state index contributed by atoms with van der Waals surface area (Å²) in [5.74, 6) is -1.09. The van der Waals surface area contributed by atoms with Crippen LogP contribution in [0.4, 0.5) is 4.79 Å². The van der Waals surface area contributed by atoms with Crippen LogP contribution in [0.15, 0.2) is 0 Å². The van der Waals surface area contributed by atoms with Crippen molar-refractivity contribution < 1.29 is 28.2 Å². The van der Waals surface area contributed by atoms with E-state index >= 15 is 0 Å². The number of rotatable bonds is 3. The van der Waals surface area contributed by atoms with Crippen LogP contribution in [0.25, 0.3) is 0 Å². The third kappa shape index (κ3) is 3.40. The summed E-state index contributed by atoms with van der Waals surface area (Å²) >= 11 is 0. The predicted octanol–water partition coefficient (Wildman–Crippen LogP) is -1.35. The van der Waals surface area contributed by atoms with Crippen LogP contribution in [-0.2, 0) is 14.6 Å². The van der Waals surface area contributed by atoms with Crippen molar-refractivity contribution in [1.82, 2.24) is 10.2 Å². The number of carboxylic acid groups (broad SMARTS) is 1. The number of nitrogens with zero attached hydrogens (tertiary/aromatic N) is 1. The van der Waals surface area contributed by atoms with E-state index < -0.39 is 34.0 Å². The molecule has 0 aromatic rings. The van der Waals surface area contributed by atoms with Gasteiger partial charge in [-0.15, -0.1) is 0 Å². The number of carbonyl (C=O) groups excluding carboxylic acids is 1. The minimum Gasteiger partial charge on any atom is -0.480 e. The van der Waals surface area contributed by atoms with E-state index in [1.54, 1.807) is 0 Å². The highest BCUT2D eigenvalue weighted by Gasteiger charge is 2.39. The minimum atomic E-state index is -2.99. The molecule has 2 saturated heterocycles. The first-order chi connectivity index (χ1) is 9.28. The molecular weight excluding hydrogens is 288 g/mol. The van der Waals surface area contributed by atoms with Gasteiger partial charge in [0.1, 0.15) is 6.04 Å². The molecule has 0 aliphatic carbocycles. The number of aliphatic carboxylic acids is 1. The number of hydrogen-bond acceptors (Lipinski definition) is 5. The number of hydrogen-bond donors (Lipinski definition) is 3. The molecule has 2 heterocycles. The van der Waals surface area contributed by atoms with Gasteiger partial charge in [0.2, 0.25) is 0 Å². The van der Waals surface area contributed by atoms with E-state index in [2.05, 4.69) is 5.32 Å². The Hall–Kier alpha value is -1.35. The van der Waals surface area contributed by atoms with Gasteiger partial charge < -0.3 is 20.4 Å². The van der Waals surface area contributed by atoms with Crippen LogP contribution in [0.5, 0.6) is 0 Å². The molecule has 0 bridgehead atoms. The number of amides is 2. The molecule has 9 heteroatoms. The third-order valence-electron chi connectivity index (χ3n) is 3.69. The molecule has 2 aliphatic rings. The standard InChI is InChI=1S/C11H18N2O6S/c14-8-3-9(10(15)16)13(5-8)11(17)12-4-7-1-2-20(18,19)6-7/h7-9,14H,1-6H2,(H,12,17)(H,15,16)/t7?,8-,9-/m1/s1. The van der Waals surface area contributed by atoms with Crippen LogP contribution in [0, 0.1) is 5.92 Å². The first kappa shape index (κ1) is 15.0. The van der Waals surface area contributed by atoms with Gasteiger partial charge in [-0.1, -0.05) is 0 Å². The highest BCUT2D eigenvalue weighted by atomic mass is 32.2. The Morgan fingerprint density at radius 1 is 1.35 bits per heavy atom. The fourth-order valence-corrected chi connectivity index (χ4v) is 4.50. The molecule has 20 heavy (non-hydrogen) atoms. The molecular formula is C11H18N2O6S. The Morgan fingerprint density at radius 3 is 2.60 bits per heavy atom. The van der Waals surface area contributed by atoms with E-state index in [-0.39, 0.29) is 36.9 Å². The molecule has 0 aromatic carbocycles. The van der Waals surface area contributed by atoms with Crippen LogP contribution < -0.4 is 5.32 Å². The summed E-state index contributed by atoms with van der Waals surface area (Å²) in [5, 5.41) is 21.0. The van der Waals surface area contributed by atoms with Crippen LogP contribution in [0.3, 0.4) is 0 Å². The van der Waals surface area contributed by atoms with E-state index in [1.165, 1.54) is 0 Å². The Kier molecular flexibility index (Phi) is 4.19. The average Bonchev–Trinajstić information content (AvgIpc) is 2.89. The summed E-state index contributed by atoms with van der Waals surface area (Å²) in [7, 11) is -2.99. The molecule has 114 valence electrons. The molecule has 2 fully saturated rings. The number of nitrogens with one attached hydrogen (secondary N) is 1. The fraction of sp³-hybridized carbons (Fsp3) is 0.818. The average molecular weight is 306 g/mol. The Bertz CT molecular complexity index is 505. The maximum Gasteiger partial charge on any atom is 0.326 e. The van der Waals surface area contributed by atoms with Crippen molar-refractivity contribution in [2.24, 2.45) is 5.92 Å². The Labute approximate surface area is 116 Å². The van der Waals surface area contributed by atoms with Crippen molar-refractivity contribution in [2.45, 2.75) is 25.0 Å². The number of aliphatic hydroxyl groups excluding tert-OH is 1. The summed E-state index contributed by atoms with van der Waals surface area (Å²) in [6, 6.07) is -1.60. The topological polar surface area (TPSA) is 124 Å². The molecule has 2 aliphatic heterocycles. The number of carboxylic acids is 1. The SMILES string of the molecule is O=C(O)[C@H]1C[C@@H](O)CN1C(=O)NCC1CCS(=O)(=O)C1. The Morgan fingerprint density at radius 2 is 2.05 bits per heavy atom. The Balaban J connectivity index is 1.87. The highest BCUT2D eigenvalue weighted by molar-refractivity contribution is 7.91. The zero-order chi connectivity index (χ0) is 14.9. The van der Waals surface area contributed by atoms with E-state index in [4.69, 9.17) is 5.11 Å². The molecule has 2 rings (SSSR count). The van der Waals surface area contributed by atoms with Gasteiger partial charge in [-0.2, -0.15) is 0 Å². The quantitative estimate of drug-likeness (QED) is 0.592. The zero-order valence-electron chi connectivity index (χ0n) is 10.9. The predicted molar refractivity (Wildman–Crippen MR) is 68.9 cm³/mol. The van der Waals surface area contributed by atoms with Crippen molar-refractivity contribution >= 4 is 21.8 Å². The van der Waals surface area contributed by atoms with E-state index in [1.807, 2.05) is 0 Å². The number of urea groups is 1. The lowest BCUT2D eigenvalue weighted by atomic mass is 10.1. The van der Waals surface area contributed by atoms with Crippen molar-refractivity contribution in [2.75, 3.05) is 24.6 Å². The lowest BCUT2D eigenvalue weighted by Gasteiger charge is -2.22. The summed E-state index contributed by atoms with van der Waals surface area (Å²) in [4.78, 5) is 24.0. The summed E-state index contributed by atoms with van der Waals surface area (Å²) in [5.41, 5.74) is 0. The number of likely N-dealkylation sites (tertiary alicyclic amines) is 1. The number of β-amino-alcohol motifs (C(OH)–C–C–N with tert-alkyl or cyclic N) is 1. The largest absolute Gasteiger partial charge is 0.480 e. The van der Waals surface area contributed by atoms with Crippen molar-refractivity contribution in [3.05, 3.63) is 0 Å². The zero-order valence-corrected chi connectivity index (χ0v) is 11.7.